The summed E-state index contributed by atoms with van der Waals surface area (Å²) in [6.07, 6.45) is 1.18. The summed E-state index contributed by atoms with van der Waals surface area (Å²) in [7, 11) is 0. The summed E-state index contributed by atoms with van der Waals surface area (Å²) < 4.78 is 5.76. The summed E-state index contributed by atoms with van der Waals surface area (Å²) in [6, 6.07) is 15.4. The average molecular weight is 310 g/mol. The third-order valence-corrected chi connectivity index (χ3v) is 3.93. The second-order valence-electron chi connectivity index (χ2n) is 5.63. The first-order valence-electron chi connectivity index (χ1n) is 7.56. The molecule has 0 bridgehead atoms. The summed E-state index contributed by atoms with van der Waals surface area (Å²) in [5.41, 5.74) is 3.54. The highest BCUT2D eigenvalue weighted by Crippen LogP contribution is 2.33. The van der Waals surface area contributed by atoms with Crippen molar-refractivity contribution in [2.24, 2.45) is 0 Å². The van der Waals surface area contributed by atoms with Crippen molar-refractivity contribution in [3.8, 4) is 5.75 Å². The third-order valence-electron chi connectivity index (χ3n) is 3.93. The number of benzene rings is 2. The summed E-state index contributed by atoms with van der Waals surface area (Å²) in [5.74, 6) is 0.0543. The molecule has 1 aliphatic heterocycles. The molecule has 0 aliphatic carbocycles. The molecular formula is C19H18O4. The van der Waals surface area contributed by atoms with Crippen LogP contribution in [-0.4, -0.2) is 22.8 Å². The molecule has 2 aromatic rings. The fourth-order valence-corrected chi connectivity index (χ4v) is 2.69. The smallest absolute Gasteiger partial charge is 0.303 e. The van der Waals surface area contributed by atoms with E-state index >= 15 is 0 Å². The van der Waals surface area contributed by atoms with Crippen LogP contribution < -0.4 is 4.74 Å². The molecule has 0 spiro atoms. The number of aliphatic hydroxyl groups is 1. The quantitative estimate of drug-likeness (QED) is 0.885. The first-order chi connectivity index (χ1) is 11.1. The lowest BCUT2D eigenvalue weighted by molar-refractivity contribution is -0.136. The molecule has 0 aromatic heterocycles. The Kier molecular flexibility index (Phi) is 4.33. The number of carboxylic acid groups (broad SMARTS) is 1. The normalized spacial score (nSPS) is 13.4. The number of aliphatic carboxylic acids is 1. The van der Waals surface area contributed by atoms with Crippen molar-refractivity contribution in [1.82, 2.24) is 0 Å². The van der Waals surface area contributed by atoms with Crippen molar-refractivity contribution >= 4 is 11.7 Å². The van der Waals surface area contributed by atoms with Gasteiger partial charge in [0.05, 0.1) is 5.56 Å². The van der Waals surface area contributed by atoms with Gasteiger partial charge in [-0.2, -0.15) is 0 Å². The van der Waals surface area contributed by atoms with Gasteiger partial charge in [-0.15, -0.1) is 0 Å². The van der Waals surface area contributed by atoms with Gasteiger partial charge in [-0.05, 0) is 29.7 Å². The molecule has 1 heterocycles. The molecule has 4 nitrogen and oxygen atoms in total. The van der Waals surface area contributed by atoms with Crippen LogP contribution in [0.5, 0.6) is 5.75 Å². The second kappa shape index (κ2) is 6.57. The van der Waals surface area contributed by atoms with E-state index in [1.807, 2.05) is 42.5 Å². The van der Waals surface area contributed by atoms with Gasteiger partial charge in [-0.3, -0.25) is 4.79 Å². The highest BCUT2D eigenvalue weighted by Gasteiger charge is 2.20. The molecule has 2 N–H and O–H groups in total. The molecular weight excluding hydrogens is 292 g/mol. The SMILES string of the molecule is O=C(O)CCc1ccc2c(c1)OCC(Cc1ccccc1)=C2O. The summed E-state index contributed by atoms with van der Waals surface area (Å²) in [4.78, 5) is 10.7. The predicted molar refractivity (Wildman–Crippen MR) is 87.6 cm³/mol. The van der Waals surface area contributed by atoms with Crippen molar-refractivity contribution in [2.45, 2.75) is 19.3 Å². The Balaban J connectivity index is 1.82. The molecule has 2 aromatic carbocycles. The van der Waals surface area contributed by atoms with Gasteiger partial charge in [-0.1, -0.05) is 36.4 Å². The van der Waals surface area contributed by atoms with Gasteiger partial charge in [0.2, 0.25) is 0 Å². The van der Waals surface area contributed by atoms with Crippen LogP contribution in [0.4, 0.5) is 0 Å². The van der Waals surface area contributed by atoms with E-state index in [0.717, 1.165) is 16.7 Å². The first-order valence-corrected chi connectivity index (χ1v) is 7.56. The Morgan fingerprint density at radius 2 is 1.87 bits per heavy atom. The van der Waals surface area contributed by atoms with Crippen LogP contribution >= 0.6 is 0 Å². The number of hydrogen-bond acceptors (Lipinski definition) is 3. The molecule has 0 fully saturated rings. The Bertz CT molecular complexity index is 747. The van der Waals surface area contributed by atoms with Crippen molar-refractivity contribution < 1.29 is 19.7 Å². The lowest BCUT2D eigenvalue weighted by Gasteiger charge is -2.21. The van der Waals surface area contributed by atoms with Crippen molar-refractivity contribution in [3.05, 3.63) is 70.8 Å². The fourth-order valence-electron chi connectivity index (χ4n) is 2.69. The molecule has 0 saturated carbocycles. The predicted octanol–water partition coefficient (Wildman–Crippen LogP) is 3.61. The Hall–Kier alpha value is -2.75. The van der Waals surface area contributed by atoms with Gasteiger partial charge in [-0.25, -0.2) is 0 Å². The topological polar surface area (TPSA) is 66.8 Å². The van der Waals surface area contributed by atoms with Gasteiger partial charge < -0.3 is 14.9 Å². The van der Waals surface area contributed by atoms with Crippen LogP contribution in [-0.2, 0) is 17.6 Å². The van der Waals surface area contributed by atoms with Crippen LogP contribution in [0, 0.1) is 0 Å². The molecule has 0 unspecified atom stereocenters. The average Bonchev–Trinajstić information content (AvgIpc) is 2.56. The van der Waals surface area contributed by atoms with E-state index in [2.05, 4.69) is 0 Å². The zero-order chi connectivity index (χ0) is 16.2. The summed E-state index contributed by atoms with van der Waals surface area (Å²) >= 11 is 0. The van der Waals surface area contributed by atoms with Crippen molar-refractivity contribution in [3.63, 3.8) is 0 Å². The largest absolute Gasteiger partial charge is 0.507 e. The van der Waals surface area contributed by atoms with Crippen LogP contribution in [0.2, 0.25) is 0 Å². The molecule has 0 saturated heterocycles. The van der Waals surface area contributed by atoms with Crippen molar-refractivity contribution in [2.75, 3.05) is 6.61 Å². The number of rotatable bonds is 5. The minimum Gasteiger partial charge on any atom is -0.507 e. The number of carbonyl (C=O) groups is 1. The summed E-state index contributed by atoms with van der Waals surface area (Å²) in [6.45, 7) is 0.343. The zero-order valence-electron chi connectivity index (χ0n) is 12.7. The Morgan fingerprint density at radius 1 is 1.09 bits per heavy atom. The minimum absolute atomic E-state index is 0.0832. The maximum atomic E-state index is 10.7. The van der Waals surface area contributed by atoms with Gasteiger partial charge in [0.15, 0.2) is 0 Å². The van der Waals surface area contributed by atoms with Gasteiger partial charge in [0, 0.05) is 18.4 Å². The molecule has 3 rings (SSSR count). The van der Waals surface area contributed by atoms with Crippen molar-refractivity contribution in [1.29, 1.82) is 0 Å². The minimum atomic E-state index is -0.823. The Morgan fingerprint density at radius 3 is 2.61 bits per heavy atom. The number of aliphatic hydroxyl groups excluding tert-OH is 1. The number of hydrogen-bond donors (Lipinski definition) is 2. The van der Waals surface area contributed by atoms with Crippen LogP contribution in [0.3, 0.4) is 0 Å². The summed E-state index contributed by atoms with van der Waals surface area (Å²) in [5, 5.41) is 19.2. The molecule has 118 valence electrons. The maximum absolute atomic E-state index is 10.7. The highest BCUT2D eigenvalue weighted by atomic mass is 16.5. The number of fused-ring (bicyclic) bond motifs is 1. The van der Waals surface area contributed by atoms with E-state index < -0.39 is 5.97 Å². The number of carboxylic acids is 1. The second-order valence-corrected chi connectivity index (χ2v) is 5.63. The lowest BCUT2D eigenvalue weighted by atomic mass is 9.97. The standard InChI is InChI=1S/C19H18O4/c20-18(21)9-7-14-6-8-16-17(11-14)23-12-15(19(16)22)10-13-4-2-1-3-5-13/h1-6,8,11,22H,7,9-10,12H2,(H,20,21). The van der Waals surface area contributed by atoms with E-state index in [-0.39, 0.29) is 12.2 Å². The van der Waals surface area contributed by atoms with E-state index in [1.54, 1.807) is 6.07 Å². The van der Waals surface area contributed by atoms with E-state index in [9.17, 15) is 9.90 Å². The fraction of sp³-hybridized carbons (Fsp3) is 0.211. The Labute approximate surface area is 134 Å². The molecule has 23 heavy (non-hydrogen) atoms. The van der Waals surface area contributed by atoms with Gasteiger partial charge >= 0.3 is 5.97 Å². The lowest BCUT2D eigenvalue weighted by Crippen LogP contribution is -2.13. The first kappa shape index (κ1) is 15.2. The van der Waals surface area contributed by atoms with Gasteiger partial charge in [0.25, 0.3) is 0 Å². The molecule has 1 aliphatic rings. The van der Waals surface area contributed by atoms with Gasteiger partial charge in [0.1, 0.15) is 18.1 Å². The molecule has 0 amide bonds. The van der Waals surface area contributed by atoms with E-state index in [1.165, 1.54) is 0 Å². The van der Waals surface area contributed by atoms with Crippen LogP contribution in [0.1, 0.15) is 23.1 Å². The molecule has 0 radical (unpaired) electrons. The zero-order valence-corrected chi connectivity index (χ0v) is 12.7. The number of ether oxygens (including phenoxy) is 1. The van der Waals surface area contributed by atoms with E-state index in [4.69, 9.17) is 9.84 Å². The van der Waals surface area contributed by atoms with Crippen LogP contribution in [0.25, 0.3) is 5.76 Å². The molecule has 0 atom stereocenters. The van der Waals surface area contributed by atoms with Crippen LogP contribution in [0.15, 0.2) is 54.1 Å². The monoisotopic (exact) mass is 310 g/mol. The highest BCUT2D eigenvalue weighted by molar-refractivity contribution is 5.71. The van der Waals surface area contributed by atoms with E-state index in [0.29, 0.717) is 30.8 Å². The maximum Gasteiger partial charge on any atom is 0.303 e. The number of aryl methyl sites for hydroxylation is 1. The molecule has 4 heteroatoms. The third kappa shape index (κ3) is 3.54.